The zero-order valence-corrected chi connectivity index (χ0v) is 15.8. The number of hydrogen-bond acceptors (Lipinski definition) is 5. The van der Waals surface area contributed by atoms with Crippen LogP contribution in [0.3, 0.4) is 0 Å². The highest BCUT2D eigenvalue weighted by Crippen LogP contribution is 2.15. The van der Waals surface area contributed by atoms with Crippen molar-refractivity contribution in [2.75, 3.05) is 65.4 Å². The number of rotatable bonds is 14. The molecule has 0 amide bonds. The molecule has 2 N–H and O–H groups in total. The van der Waals surface area contributed by atoms with Gasteiger partial charge in [-0.3, -0.25) is 0 Å². The second kappa shape index (κ2) is 13.0. The molecule has 138 valence electrons. The van der Waals surface area contributed by atoms with Gasteiger partial charge in [0.05, 0.1) is 6.61 Å². The van der Waals surface area contributed by atoms with Gasteiger partial charge in [-0.05, 0) is 37.2 Å². The van der Waals surface area contributed by atoms with Gasteiger partial charge >= 0.3 is 0 Å². The third-order valence-electron chi connectivity index (χ3n) is 4.03. The van der Waals surface area contributed by atoms with Crippen LogP contribution in [0.2, 0.25) is 0 Å². The molecule has 0 spiro atoms. The summed E-state index contributed by atoms with van der Waals surface area (Å²) in [5.74, 6) is 1.65. The van der Waals surface area contributed by atoms with Crippen molar-refractivity contribution in [3.8, 4) is 5.75 Å². The lowest BCUT2D eigenvalue weighted by Crippen LogP contribution is -2.33. The molecule has 0 fully saturated rings. The van der Waals surface area contributed by atoms with Crippen LogP contribution in [0.4, 0.5) is 5.69 Å². The van der Waals surface area contributed by atoms with Crippen LogP contribution in [0.25, 0.3) is 0 Å². The lowest BCUT2D eigenvalue weighted by molar-refractivity contribution is 0.146. The van der Waals surface area contributed by atoms with Gasteiger partial charge < -0.3 is 25.0 Å². The minimum absolute atomic E-state index is 0.582. The van der Waals surface area contributed by atoms with E-state index in [1.807, 2.05) is 24.3 Å². The number of nitrogens with one attached hydrogen (secondary N) is 2. The number of nitrogens with zero attached hydrogens (tertiary/aromatic N) is 1. The Morgan fingerprint density at radius 1 is 1.08 bits per heavy atom. The van der Waals surface area contributed by atoms with E-state index in [1.165, 1.54) is 13.0 Å². The van der Waals surface area contributed by atoms with Crippen LogP contribution in [-0.4, -0.2) is 65.0 Å². The Hall–Kier alpha value is -1.30. The summed E-state index contributed by atoms with van der Waals surface area (Å²) >= 11 is 0. The Bertz CT molecular complexity index is 412. The number of ether oxygens (including phenoxy) is 2. The second-order valence-electron chi connectivity index (χ2n) is 6.32. The molecule has 1 rings (SSSR count). The summed E-state index contributed by atoms with van der Waals surface area (Å²) in [4.78, 5) is 2.40. The first kappa shape index (κ1) is 20.7. The van der Waals surface area contributed by atoms with E-state index in [0.717, 1.165) is 43.5 Å². The quantitative estimate of drug-likeness (QED) is 0.511. The third-order valence-corrected chi connectivity index (χ3v) is 4.03. The highest BCUT2D eigenvalue weighted by Gasteiger charge is 2.03. The fourth-order valence-corrected chi connectivity index (χ4v) is 2.35. The molecule has 1 aromatic rings. The van der Waals surface area contributed by atoms with Crippen LogP contribution in [0.1, 0.15) is 20.3 Å². The van der Waals surface area contributed by atoms with Crippen molar-refractivity contribution in [1.29, 1.82) is 0 Å². The standard InChI is InChI=1S/C19H35N3O2/c1-5-17(2)16-22(3)13-12-20-10-11-21-18-6-8-19(9-7-18)24-15-14-23-4/h6-9,17,20-21H,5,10-16H2,1-4H3. The van der Waals surface area contributed by atoms with Crippen LogP contribution in [0.5, 0.6) is 5.75 Å². The summed E-state index contributed by atoms with van der Waals surface area (Å²) < 4.78 is 10.5. The molecule has 0 heterocycles. The molecule has 5 nitrogen and oxygen atoms in total. The van der Waals surface area contributed by atoms with Crippen molar-refractivity contribution in [1.82, 2.24) is 10.2 Å². The van der Waals surface area contributed by atoms with Gasteiger partial charge in [0.2, 0.25) is 0 Å². The minimum atomic E-state index is 0.582. The maximum atomic E-state index is 5.55. The van der Waals surface area contributed by atoms with E-state index in [2.05, 4.69) is 36.4 Å². The molecule has 0 aromatic heterocycles. The van der Waals surface area contributed by atoms with Gasteiger partial charge in [-0.15, -0.1) is 0 Å². The largest absolute Gasteiger partial charge is 0.491 e. The molecule has 24 heavy (non-hydrogen) atoms. The lowest BCUT2D eigenvalue weighted by Gasteiger charge is -2.20. The predicted octanol–water partition coefficient (Wildman–Crippen LogP) is 2.69. The number of anilines is 1. The van der Waals surface area contributed by atoms with Crippen molar-refractivity contribution in [3.05, 3.63) is 24.3 Å². The summed E-state index contributed by atoms with van der Waals surface area (Å²) in [5.41, 5.74) is 1.12. The highest BCUT2D eigenvalue weighted by molar-refractivity contribution is 5.46. The van der Waals surface area contributed by atoms with Crippen LogP contribution in [-0.2, 0) is 4.74 Å². The topological polar surface area (TPSA) is 45.8 Å². The van der Waals surface area contributed by atoms with Crippen LogP contribution in [0, 0.1) is 5.92 Å². The lowest BCUT2D eigenvalue weighted by atomic mass is 10.1. The normalized spacial score (nSPS) is 12.4. The Morgan fingerprint density at radius 3 is 2.50 bits per heavy atom. The Labute approximate surface area is 147 Å². The second-order valence-corrected chi connectivity index (χ2v) is 6.32. The molecule has 0 saturated carbocycles. The van der Waals surface area contributed by atoms with E-state index < -0.39 is 0 Å². The molecule has 0 saturated heterocycles. The molecule has 1 atom stereocenters. The number of likely N-dealkylation sites (N-methyl/N-ethyl adjacent to an activating group) is 1. The average molecular weight is 338 g/mol. The van der Waals surface area contributed by atoms with Gasteiger partial charge in [0.1, 0.15) is 12.4 Å². The average Bonchev–Trinajstić information content (AvgIpc) is 2.59. The summed E-state index contributed by atoms with van der Waals surface area (Å²) in [6.07, 6.45) is 1.25. The van der Waals surface area contributed by atoms with Gasteiger partial charge in [0.15, 0.2) is 0 Å². The van der Waals surface area contributed by atoms with E-state index in [4.69, 9.17) is 9.47 Å². The monoisotopic (exact) mass is 337 g/mol. The van der Waals surface area contributed by atoms with Crippen molar-refractivity contribution < 1.29 is 9.47 Å². The zero-order valence-electron chi connectivity index (χ0n) is 15.8. The van der Waals surface area contributed by atoms with E-state index in [-0.39, 0.29) is 0 Å². The summed E-state index contributed by atoms with van der Waals surface area (Å²) in [6, 6.07) is 8.05. The molecule has 0 bridgehead atoms. The SMILES string of the molecule is CCC(C)CN(C)CCNCCNc1ccc(OCCOC)cc1. The fraction of sp³-hybridized carbons (Fsp3) is 0.684. The van der Waals surface area contributed by atoms with Crippen LogP contribution in [0.15, 0.2) is 24.3 Å². The molecule has 1 unspecified atom stereocenters. The van der Waals surface area contributed by atoms with Crippen molar-refractivity contribution >= 4 is 5.69 Å². The molecule has 0 aliphatic rings. The Kier molecular flexibility index (Phi) is 11.3. The third kappa shape index (κ3) is 9.75. The van der Waals surface area contributed by atoms with Crippen LogP contribution >= 0.6 is 0 Å². The smallest absolute Gasteiger partial charge is 0.119 e. The fourth-order valence-electron chi connectivity index (χ4n) is 2.35. The maximum absolute atomic E-state index is 5.55. The van der Waals surface area contributed by atoms with Gasteiger partial charge in [0, 0.05) is 45.5 Å². The molecular weight excluding hydrogens is 302 g/mol. The van der Waals surface area contributed by atoms with Gasteiger partial charge in [-0.25, -0.2) is 0 Å². The van der Waals surface area contributed by atoms with Crippen molar-refractivity contribution in [2.45, 2.75) is 20.3 Å². The first-order valence-electron chi connectivity index (χ1n) is 9.00. The summed E-state index contributed by atoms with van der Waals surface area (Å²) in [5, 5.41) is 6.89. The highest BCUT2D eigenvalue weighted by atomic mass is 16.5. The number of hydrogen-bond donors (Lipinski definition) is 2. The summed E-state index contributed by atoms with van der Waals surface area (Å²) in [7, 11) is 3.87. The summed E-state index contributed by atoms with van der Waals surface area (Å²) in [6.45, 7) is 10.9. The van der Waals surface area contributed by atoms with E-state index >= 15 is 0 Å². The Balaban J connectivity index is 2.06. The first-order valence-corrected chi connectivity index (χ1v) is 9.00. The number of benzene rings is 1. The molecule has 0 aliphatic heterocycles. The van der Waals surface area contributed by atoms with Gasteiger partial charge in [-0.2, -0.15) is 0 Å². The predicted molar refractivity (Wildman–Crippen MR) is 102 cm³/mol. The zero-order chi connectivity index (χ0) is 17.6. The van der Waals surface area contributed by atoms with Crippen molar-refractivity contribution in [2.24, 2.45) is 5.92 Å². The van der Waals surface area contributed by atoms with Gasteiger partial charge in [0.25, 0.3) is 0 Å². The number of methoxy groups -OCH3 is 1. The molecular formula is C19H35N3O2. The molecule has 0 aliphatic carbocycles. The van der Waals surface area contributed by atoms with E-state index in [9.17, 15) is 0 Å². The van der Waals surface area contributed by atoms with Gasteiger partial charge in [-0.1, -0.05) is 20.3 Å². The minimum Gasteiger partial charge on any atom is -0.491 e. The Morgan fingerprint density at radius 2 is 1.83 bits per heavy atom. The first-order chi connectivity index (χ1) is 11.7. The van der Waals surface area contributed by atoms with E-state index in [1.54, 1.807) is 7.11 Å². The van der Waals surface area contributed by atoms with Crippen molar-refractivity contribution in [3.63, 3.8) is 0 Å². The molecule has 5 heteroatoms. The van der Waals surface area contributed by atoms with Crippen LogP contribution < -0.4 is 15.4 Å². The molecule has 0 radical (unpaired) electrons. The van der Waals surface area contributed by atoms with E-state index in [0.29, 0.717) is 13.2 Å². The molecule has 1 aromatic carbocycles. The maximum Gasteiger partial charge on any atom is 0.119 e.